The van der Waals surface area contributed by atoms with Crippen LogP contribution in [0.1, 0.15) is 5.56 Å². The van der Waals surface area contributed by atoms with E-state index in [-0.39, 0.29) is 17.3 Å². The fraction of sp³-hybridized carbons (Fsp3) is 0.333. The normalized spacial score (nSPS) is 10.5. The van der Waals surface area contributed by atoms with Crippen LogP contribution in [0.25, 0.3) is 0 Å². The average molecular weight is 252 g/mol. The monoisotopic (exact) mass is 251 g/mol. The standard InChI is InChI=1S/C9H8ClF2NO3/c10-4-6-3-7(13(14)15)1-2-8(6)16-5-9(11)12/h1-3,9H,4-5H2. The predicted molar refractivity (Wildman–Crippen MR) is 54.2 cm³/mol. The van der Waals surface area contributed by atoms with Crippen LogP contribution in [0.2, 0.25) is 0 Å². The first-order valence-corrected chi connectivity index (χ1v) is 4.82. The van der Waals surface area contributed by atoms with E-state index in [0.717, 1.165) is 0 Å². The second-order valence-electron chi connectivity index (χ2n) is 2.88. The Balaban J connectivity index is 2.89. The molecule has 0 amide bonds. The van der Waals surface area contributed by atoms with Crippen molar-refractivity contribution >= 4 is 17.3 Å². The molecule has 88 valence electrons. The zero-order chi connectivity index (χ0) is 12.1. The van der Waals surface area contributed by atoms with E-state index >= 15 is 0 Å². The first-order chi connectivity index (χ1) is 7.54. The molecule has 0 spiro atoms. The highest BCUT2D eigenvalue weighted by Crippen LogP contribution is 2.25. The van der Waals surface area contributed by atoms with Crippen molar-refractivity contribution in [2.75, 3.05) is 6.61 Å². The van der Waals surface area contributed by atoms with Crippen LogP contribution >= 0.6 is 11.6 Å². The number of non-ortho nitro benzene ring substituents is 1. The summed E-state index contributed by atoms with van der Waals surface area (Å²) >= 11 is 5.53. The Labute approximate surface area is 94.9 Å². The first-order valence-electron chi connectivity index (χ1n) is 4.29. The lowest BCUT2D eigenvalue weighted by molar-refractivity contribution is -0.384. The van der Waals surface area contributed by atoms with Gasteiger partial charge in [-0.05, 0) is 6.07 Å². The molecular weight excluding hydrogens is 244 g/mol. The quantitative estimate of drug-likeness (QED) is 0.459. The van der Waals surface area contributed by atoms with Gasteiger partial charge in [0.2, 0.25) is 0 Å². The van der Waals surface area contributed by atoms with Gasteiger partial charge in [-0.15, -0.1) is 11.6 Å². The molecular formula is C9H8ClF2NO3. The smallest absolute Gasteiger partial charge is 0.272 e. The minimum Gasteiger partial charge on any atom is -0.487 e. The van der Waals surface area contributed by atoms with Crippen LogP contribution in [0, 0.1) is 10.1 Å². The van der Waals surface area contributed by atoms with Crippen molar-refractivity contribution in [1.29, 1.82) is 0 Å². The van der Waals surface area contributed by atoms with Crippen LogP contribution in [0.3, 0.4) is 0 Å². The van der Waals surface area contributed by atoms with E-state index in [1.807, 2.05) is 0 Å². The maximum Gasteiger partial charge on any atom is 0.272 e. The van der Waals surface area contributed by atoms with E-state index in [2.05, 4.69) is 0 Å². The second kappa shape index (κ2) is 5.60. The average Bonchev–Trinajstić information content (AvgIpc) is 2.25. The van der Waals surface area contributed by atoms with Crippen molar-refractivity contribution in [3.63, 3.8) is 0 Å². The SMILES string of the molecule is O=[N+]([O-])c1ccc(OCC(F)F)c(CCl)c1. The number of benzene rings is 1. The zero-order valence-electron chi connectivity index (χ0n) is 8.03. The maximum absolute atomic E-state index is 11.9. The molecule has 0 unspecified atom stereocenters. The number of nitro benzene ring substituents is 1. The molecule has 0 aliphatic carbocycles. The molecule has 0 aliphatic heterocycles. The van der Waals surface area contributed by atoms with E-state index in [4.69, 9.17) is 16.3 Å². The molecule has 0 saturated carbocycles. The fourth-order valence-electron chi connectivity index (χ4n) is 1.08. The Morgan fingerprint density at radius 1 is 1.50 bits per heavy atom. The van der Waals surface area contributed by atoms with Gasteiger partial charge in [0, 0.05) is 17.7 Å². The summed E-state index contributed by atoms with van der Waals surface area (Å²) in [5.41, 5.74) is 0.163. The number of halogens is 3. The summed E-state index contributed by atoms with van der Waals surface area (Å²) in [4.78, 5) is 9.86. The molecule has 0 fully saturated rings. The molecule has 7 heteroatoms. The summed E-state index contributed by atoms with van der Waals surface area (Å²) < 4.78 is 28.6. The van der Waals surface area contributed by atoms with Gasteiger partial charge in [-0.1, -0.05) is 0 Å². The Kier molecular flexibility index (Phi) is 4.42. The van der Waals surface area contributed by atoms with Gasteiger partial charge in [-0.3, -0.25) is 10.1 Å². The van der Waals surface area contributed by atoms with E-state index < -0.39 is 18.0 Å². The van der Waals surface area contributed by atoms with Gasteiger partial charge in [-0.25, -0.2) is 8.78 Å². The molecule has 1 aromatic rings. The van der Waals surface area contributed by atoms with E-state index in [0.29, 0.717) is 5.56 Å². The molecule has 16 heavy (non-hydrogen) atoms. The van der Waals surface area contributed by atoms with Crippen molar-refractivity contribution in [3.8, 4) is 5.75 Å². The molecule has 4 nitrogen and oxygen atoms in total. The van der Waals surface area contributed by atoms with Gasteiger partial charge in [-0.2, -0.15) is 0 Å². The summed E-state index contributed by atoms with van der Waals surface area (Å²) in [7, 11) is 0. The number of hydrogen-bond donors (Lipinski definition) is 0. The van der Waals surface area contributed by atoms with Crippen LogP contribution in [0.4, 0.5) is 14.5 Å². The fourth-order valence-corrected chi connectivity index (χ4v) is 1.29. The lowest BCUT2D eigenvalue weighted by atomic mass is 10.2. The number of ether oxygens (including phenoxy) is 1. The number of nitrogens with zero attached hydrogens (tertiary/aromatic N) is 1. The lowest BCUT2D eigenvalue weighted by Gasteiger charge is -2.08. The number of nitro groups is 1. The summed E-state index contributed by atoms with van der Waals surface area (Å²) in [6, 6.07) is 3.64. The van der Waals surface area contributed by atoms with E-state index in [9.17, 15) is 18.9 Å². The summed E-state index contributed by atoms with van der Waals surface area (Å²) in [5, 5.41) is 10.4. The minimum atomic E-state index is -2.60. The topological polar surface area (TPSA) is 52.4 Å². The zero-order valence-corrected chi connectivity index (χ0v) is 8.79. The third-order valence-corrected chi connectivity index (χ3v) is 2.05. The maximum atomic E-state index is 11.9. The highest BCUT2D eigenvalue weighted by Gasteiger charge is 2.12. The van der Waals surface area contributed by atoms with Crippen molar-refractivity contribution in [2.45, 2.75) is 12.3 Å². The Morgan fingerprint density at radius 3 is 2.69 bits per heavy atom. The lowest BCUT2D eigenvalue weighted by Crippen LogP contribution is -2.08. The van der Waals surface area contributed by atoms with Crippen molar-refractivity contribution in [1.82, 2.24) is 0 Å². The predicted octanol–water partition coefficient (Wildman–Crippen LogP) is 2.98. The molecule has 0 N–H and O–H groups in total. The molecule has 1 aromatic carbocycles. The minimum absolute atomic E-state index is 0.0414. The second-order valence-corrected chi connectivity index (χ2v) is 3.15. The van der Waals surface area contributed by atoms with Crippen LogP contribution in [-0.2, 0) is 5.88 Å². The third kappa shape index (κ3) is 3.30. The molecule has 1 rings (SSSR count). The first kappa shape index (κ1) is 12.6. The molecule has 0 saturated heterocycles. The Hall–Kier alpha value is -1.43. The number of alkyl halides is 3. The molecule has 0 atom stereocenters. The molecule has 0 aliphatic rings. The number of rotatable bonds is 5. The van der Waals surface area contributed by atoms with Crippen LogP contribution in [-0.4, -0.2) is 18.0 Å². The van der Waals surface area contributed by atoms with Gasteiger partial charge in [0.25, 0.3) is 12.1 Å². The molecule has 0 heterocycles. The molecule has 0 aromatic heterocycles. The third-order valence-electron chi connectivity index (χ3n) is 1.76. The van der Waals surface area contributed by atoms with Gasteiger partial charge in [0.15, 0.2) is 0 Å². The van der Waals surface area contributed by atoms with Crippen LogP contribution in [0.15, 0.2) is 18.2 Å². The Morgan fingerprint density at radius 2 is 2.19 bits per heavy atom. The van der Waals surface area contributed by atoms with Gasteiger partial charge in [0.05, 0.1) is 10.8 Å². The molecule has 0 radical (unpaired) electrons. The largest absolute Gasteiger partial charge is 0.487 e. The highest BCUT2D eigenvalue weighted by molar-refractivity contribution is 6.17. The van der Waals surface area contributed by atoms with Gasteiger partial charge < -0.3 is 4.74 Å². The van der Waals surface area contributed by atoms with Crippen LogP contribution in [0.5, 0.6) is 5.75 Å². The highest BCUT2D eigenvalue weighted by atomic mass is 35.5. The Bertz CT molecular complexity index is 387. The molecule has 0 bridgehead atoms. The van der Waals surface area contributed by atoms with Crippen molar-refractivity contribution < 1.29 is 18.4 Å². The van der Waals surface area contributed by atoms with Crippen LogP contribution < -0.4 is 4.74 Å². The van der Waals surface area contributed by atoms with Gasteiger partial charge in [0.1, 0.15) is 12.4 Å². The summed E-state index contributed by atoms with van der Waals surface area (Å²) in [6.45, 7) is -0.762. The van der Waals surface area contributed by atoms with Gasteiger partial charge >= 0.3 is 0 Å². The summed E-state index contributed by atoms with van der Waals surface area (Å²) in [5.74, 6) is 0.0983. The van der Waals surface area contributed by atoms with E-state index in [1.165, 1.54) is 18.2 Å². The van der Waals surface area contributed by atoms with E-state index in [1.54, 1.807) is 0 Å². The van der Waals surface area contributed by atoms with Crippen molar-refractivity contribution in [2.24, 2.45) is 0 Å². The summed E-state index contributed by atoms with van der Waals surface area (Å²) in [6.07, 6.45) is -2.60. The number of hydrogen-bond acceptors (Lipinski definition) is 3. The van der Waals surface area contributed by atoms with Crippen molar-refractivity contribution in [3.05, 3.63) is 33.9 Å².